The van der Waals surface area contributed by atoms with E-state index in [1.807, 2.05) is 30.3 Å². The zero-order valence-electron chi connectivity index (χ0n) is 11.0. The normalized spacial score (nSPS) is 12.9. The van der Waals surface area contributed by atoms with Gasteiger partial charge in [0, 0.05) is 12.5 Å². The molecule has 3 rings (SSSR count). The summed E-state index contributed by atoms with van der Waals surface area (Å²) in [6, 6.07) is 9.76. The number of para-hydroxylation sites is 1. The maximum absolute atomic E-state index is 6.33. The van der Waals surface area contributed by atoms with Crippen LogP contribution in [0.2, 0.25) is 5.02 Å². The number of fused-ring (bicyclic) bond motifs is 1. The molecule has 0 spiro atoms. The minimum absolute atomic E-state index is 0.166. The first-order chi connectivity index (χ1) is 9.70. The molecule has 1 unspecified atom stereocenters. The van der Waals surface area contributed by atoms with Crippen LogP contribution in [-0.2, 0) is 12.3 Å². The van der Waals surface area contributed by atoms with Gasteiger partial charge in [0.2, 0.25) is 0 Å². The summed E-state index contributed by atoms with van der Waals surface area (Å²) >= 11 is 12.4. The van der Waals surface area contributed by atoms with Crippen molar-refractivity contribution in [3.05, 3.63) is 53.2 Å². The molecule has 0 amide bonds. The lowest BCUT2D eigenvalue weighted by Crippen LogP contribution is -2.11. The van der Waals surface area contributed by atoms with Crippen molar-refractivity contribution in [2.75, 3.05) is 0 Å². The molecule has 0 aliphatic heterocycles. The highest BCUT2D eigenvalue weighted by Gasteiger charge is 2.18. The van der Waals surface area contributed by atoms with Gasteiger partial charge in [-0.25, -0.2) is 4.98 Å². The summed E-state index contributed by atoms with van der Waals surface area (Å²) < 4.78 is 7.52. The first-order valence-corrected chi connectivity index (χ1v) is 7.35. The number of hydrogen-bond donors (Lipinski definition) is 0. The molecule has 0 aliphatic carbocycles. The third kappa shape index (κ3) is 2.32. The molecule has 2 aromatic heterocycles. The number of imidazole rings is 1. The molecular weight excluding hydrogens is 295 g/mol. The Hall–Kier alpha value is -1.45. The molecule has 2 heterocycles. The van der Waals surface area contributed by atoms with Gasteiger partial charge in [-0.05, 0) is 31.2 Å². The minimum Gasteiger partial charge on any atom is -0.469 e. The van der Waals surface area contributed by atoms with E-state index < -0.39 is 0 Å². The van der Waals surface area contributed by atoms with E-state index in [1.54, 1.807) is 6.26 Å². The Bertz CT molecular complexity index is 719. The summed E-state index contributed by atoms with van der Waals surface area (Å²) in [6.45, 7) is 2.11. The third-order valence-electron chi connectivity index (χ3n) is 3.37. The van der Waals surface area contributed by atoms with E-state index >= 15 is 0 Å². The lowest BCUT2D eigenvalue weighted by molar-refractivity contribution is 0.449. The average Bonchev–Trinajstić information content (AvgIpc) is 3.05. The number of alkyl halides is 1. The number of halogens is 2. The van der Waals surface area contributed by atoms with E-state index in [-0.39, 0.29) is 6.04 Å². The summed E-state index contributed by atoms with van der Waals surface area (Å²) in [5.74, 6) is 2.12. The van der Waals surface area contributed by atoms with Crippen LogP contribution >= 0.6 is 23.2 Å². The van der Waals surface area contributed by atoms with E-state index in [2.05, 4.69) is 16.5 Å². The molecular formula is C15H14Cl2N2O. The largest absolute Gasteiger partial charge is 0.469 e. The van der Waals surface area contributed by atoms with Crippen LogP contribution in [0.3, 0.4) is 0 Å². The Morgan fingerprint density at radius 1 is 1.30 bits per heavy atom. The molecule has 1 atom stereocenters. The Kier molecular flexibility index (Phi) is 3.72. The number of rotatable bonds is 4. The lowest BCUT2D eigenvalue weighted by atomic mass is 10.2. The van der Waals surface area contributed by atoms with Crippen molar-refractivity contribution in [1.29, 1.82) is 0 Å². The molecule has 1 aromatic carbocycles. The maximum atomic E-state index is 6.33. The fourth-order valence-electron chi connectivity index (χ4n) is 2.53. The molecule has 0 saturated heterocycles. The summed E-state index contributed by atoms with van der Waals surface area (Å²) in [4.78, 5) is 4.56. The van der Waals surface area contributed by atoms with Crippen LogP contribution in [0.1, 0.15) is 24.6 Å². The van der Waals surface area contributed by atoms with Crippen molar-refractivity contribution in [3.8, 4) is 0 Å². The highest BCUT2D eigenvalue weighted by atomic mass is 35.5. The summed E-state index contributed by atoms with van der Waals surface area (Å²) in [6.07, 6.45) is 2.46. The van der Waals surface area contributed by atoms with Gasteiger partial charge < -0.3 is 8.98 Å². The first kappa shape index (κ1) is 13.5. The number of nitrogens with zero attached hydrogens (tertiary/aromatic N) is 2. The molecule has 5 heteroatoms. The molecule has 0 saturated carbocycles. The molecule has 0 N–H and O–H groups in total. The third-order valence-corrected chi connectivity index (χ3v) is 3.92. The fraction of sp³-hybridized carbons (Fsp3) is 0.267. The van der Waals surface area contributed by atoms with Gasteiger partial charge in [-0.3, -0.25) is 0 Å². The van der Waals surface area contributed by atoms with Crippen LogP contribution in [0.25, 0.3) is 11.0 Å². The molecule has 20 heavy (non-hydrogen) atoms. The van der Waals surface area contributed by atoms with Crippen LogP contribution in [-0.4, -0.2) is 9.55 Å². The number of aromatic nitrogens is 2. The fourth-order valence-corrected chi connectivity index (χ4v) is 2.98. The SMILES string of the molecule is CC(Cc1ccco1)n1c(CCl)nc2cccc(Cl)c21. The van der Waals surface area contributed by atoms with Gasteiger partial charge in [-0.1, -0.05) is 17.7 Å². The molecule has 0 radical (unpaired) electrons. The van der Waals surface area contributed by atoms with Crippen molar-refractivity contribution >= 4 is 34.2 Å². The highest BCUT2D eigenvalue weighted by Crippen LogP contribution is 2.29. The maximum Gasteiger partial charge on any atom is 0.125 e. The predicted octanol–water partition coefficient (Wildman–Crippen LogP) is 4.83. The van der Waals surface area contributed by atoms with Crippen LogP contribution in [0.4, 0.5) is 0 Å². The second-order valence-electron chi connectivity index (χ2n) is 4.77. The first-order valence-electron chi connectivity index (χ1n) is 6.44. The molecule has 3 aromatic rings. The zero-order chi connectivity index (χ0) is 14.1. The van der Waals surface area contributed by atoms with Crippen molar-refractivity contribution in [2.24, 2.45) is 0 Å². The van der Waals surface area contributed by atoms with Gasteiger partial charge in [0.1, 0.15) is 11.6 Å². The molecule has 0 fully saturated rings. The monoisotopic (exact) mass is 308 g/mol. The quantitative estimate of drug-likeness (QED) is 0.647. The van der Waals surface area contributed by atoms with Gasteiger partial charge in [0.15, 0.2) is 0 Å². The summed E-state index contributed by atoms with van der Waals surface area (Å²) in [7, 11) is 0. The highest BCUT2D eigenvalue weighted by molar-refractivity contribution is 6.35. The zero-order valence-corrected chi connectivity index (χ0v) is 12.5. The molecule has 0 aliphatic rings. The van der Waals surface area contributed by atoms with E-state index in [4.69, 9.17) is 27.6 Å². The lowest BCUT2D eigenvalue weighted by Gasteiger charge is -2.16. The number of hydrogen-bond acceptors (Lipinski definition) is 2. The van der Waals surface area contributed by atoms with Crippen LogP contribution in [0.5, 0.6) is 0 Å². The van der Waals surface area contributed by atoms with E-state index in [1.165, 1.54) is 0 Å². The Labute approximate surface area is 127 Å². The topological polar surface area (TPSA) is 31.0 Å². The van der Waals surface area contributed by atoms with E-state index in [0.29, 0.717) is 10.9 Å². The second kappa shape index (κ2) is 5.51. The van der Waals surface area contributed by atoms with Gasteiger partial charge in [0.05, 0.1) is 28.2 Å². The summed E-state index contributed by atoms with van der Waals surface area (Å²) in [5, 5.41) is 0.692. The predicted molar refractivity (Wildman–Crippen MR) is 81.4 cm³/mol. The van der Waals surface area contributed by atoms with Crippen molar-refractivity contribution in [1.82, 2.24) is 9.55 Å². The average molecular weight is 309 g/mol. The number of furan rings is 1. The summed E-state index contributed by atoms with van der Waals surface area (Å²) in [5.41, 5.74) is 1.81. The second-order valence-corrected chi connectivity index (χ2v) is 5.45. The van der Waals surface area contributed by atoms with E-state index in [0.717, 1.165) is 29.0 Å². The van der Waals surface area contributed by atoms with Crippen molar-refractivity contribution in [3.63, 3.8) is 0 Å². The van der Waals surface area contributed by atoms with Crippen LogP contribution in [0, 0.1) is 0 Å². The van der Waals surface area contributed by atoms with Crippen molar-refractivity contribution < 1.29 is 4.42 Å². The van der Waals surface area contributed by atoms with Gasteiger partial charge in [-0.15, -0.1) is 11.6 Å². The Morgan fingerprint density at radius 3 is 2.85 bits per heavy atom. The van der Waals surface area contributed by atoms with Gasteiger partial charge >= 0.3 is 0 Å². The minimum atomic E-state index is 0.166. The molecule has 0 bridgehead atoms. The van der Waals surface area contributed by atoms with Crippen molar-refractivity contribution in [2.45, 2.75) is 25.3 Å². The van der Waals surface area contributed by atoms with Gasteiger partial charge in [0.25, 0.3) is 0 Å². The van der Waals surface area contributed by atoms with Gasteiger partial charge in [-0.2, -0.15) is 0 Å². The van der Waals surface area contributed by atoms with Crippen LogP contribution in [0.15, 0.2) is 41.0 Å². The standard InChI is InChI=1S/C15H14Cl2N2O/c1-10(8-11-4-3-7-20-11)19-14(9-16)18-13-6-2-5-12(17)15(13)19/h2-7,10H,8-9H2,1H3. The van der Waals surface area contributed by atoms with Crippen LogP contribution < -0.4 is 0 Å². The smallest absolute Gasteiger partial charge is 0.125 e. The van der Waals surface area contributed by atoms with E-state index in [9.17, 15) is 0 Å². The molecule has 3 nitrogen and oxygen atoms in total. The molecule has 104 valence electrons. The Balaban J connectivity index is 2.09. The number of benzene rings is 1. The Morgan fingerprint density at radius 2 is 2.15 bits per heavy atom.